The number of nitriles is 1. The predicted molar refractivity (Wildman–Crippen MR) is 200 cm³/mol. The highest BCUT2D eigenvalue weighted by atomic mass is 16.6. The quantitative estimate of drug-likeness (QED) is 0.0647. The third-order valence-electron chi connectivity index (χ3n) is 7.98. The minimum Gasteiger partial charge on any atom is -0.495 e. The first-order chi connectivity index (χ1) is 25.5. The van der Waals surface area contributed by atoms with Crippen LogP contribution in [0.1, 0.15) is 25.0 Å². The second-order valence-electron chi connectivity index (χ2n) is 12.2. The average molecular weight is 720 g/mol. The van der Waals surface area contributed by atoms with E-state index in [9.17, 15) is 20.0 Å². The number of carbonyl (C=O) groups is 2. The molecule has 1 heterocycles. The molecule has 274 valence electrons. The summed E-state index contributed by atoms with van der Waals surface area (Å²) in [5, 5.41) is 31.0. The molecule has 1 unspecified atom stereocenters. The van der Waals surface area contributed by atoms with E-state index in [2.05, 4.69) is 32.4 Å². The van der Waals surface area contributed by atoms with Gasteiger partial charge in [0.2, 0.25) is 12.3 Å². The van der Waals surface area contributed by atoms with Crippen LogP contribution in [0.4, 0.5) is 17.1 Å². The highest BCUT2D eigenvalue weighted by Gasteiger charge is 2.31. The second kappa shape index (κ2) is 17.2. The Morgan fingerprint density at radius 1 is 0.981 bits per heavy atom. The number of hydrazine groups is 1. The Morgan fingerprint density at radius 2 is 1.68 bits per heavy atom. The van der Waals surface area contributed by atoms with Gasteiger partial charge >= 0.3 is 0 Å². The molecule has 4 aromatic carbocycles. The molecule has 53 heavy (non-hydrogen) atoms. The number of para-hydroxylation sites is 2. The summed E-state index contributed by atoms with van der Waals surface area (Å²) in [5.41, 5.74) is 5.29. The number of hydrogen-bond donors (Lipinski definition) is 5. The van der Waals surface area contributed by atoms with Crippen LogP contribution in [-0.2, 0) is 20.9 Å². The Balaban J connectivity index is 1.30. The van der Waals surface area contributed by atoms with Gasteiger partial charge in [0.1, 0.15) is 17.6 Å². The van der Waals surface area contributed by atoms with Crippen LogP contribution in [0.25, 0.3) is 10.9 Å². The highest BCUT2D eigenvalue weighted by Crippen LogP contribution is 2.38. The molecule has 0 aliphatic rings. The first-order valence-corrected chi connectivity index (χ1v) is 16.6. The van der Waals surface area contributed by atoms with Crippen molar-refractivity contribution in [2.45, 2.75) is 32.5 Å². The van der Waals surface area contributed by atoms with Crippen molar-refractivity contribution < 1.29 is 33.6 Å². The van der Waals surface area contributed by atoms with Crippen molar-refractivity contribution in [1.82, 2.24) is 20.6 Å². The Labute approximate surface area is 307 Å². The number of benzene rings is 4. The maximum atomic E-state index is 12.7. The van der Waals surface area contributed by atoms with E-state index in [0.29, 0.717) is 56.5 Å². The standard InChI is InChI=1S/C39H41N7O7/c1-39(2,37(48)43-23-35(47)41-3)53-33-14-10-9-13-32(33)52-28-17-15-27(16-18-28)44-36-26(21-40)22-42-30-20-31(34(50-5)19-29(30)36)45-46(4)38(49)51-24-25-11-7-6-8-12-25/h6-20,22,38,45,49H,23-24H2,1-5H3,(H,41,47)(H,42,44)(H,43,48). The Hall–Kier alpha value is -6.40. The molecular formula is C39H41N7O7. The number of anilines is 3. The van der Waals surface area contributed by atoms with Crippen LogP contribution in [-0.4, -0.2) is 66.7 Å². The minimum absolute atomic E-state index is 0.175. The van der Waals surface area contributed by atoms with E-state index in [1.165, 1.54) is 25.4 Å². The summed E-state index contributed by atoms with van der Waals surface area (Å²) >= 11 is 0. The molecule has 0 bridgehead atoms. The van der Waals surface area contributed by atoms with E-state index in [0.717, 1.165) is 5.56 Å². The third-order valence-corrected chi connectivity index (χ3v) is 7.98. The van der Waals surface area contributed by atoms with E-state index in [1.54, 1.807) is 81.6 Å². The lowest BCUT2D eigenvalue weighted by atomic mass is 10.1. The molecule has 5 N–H and O–H groups in total. The topological polar surface area (TPSA) is 179 Å². The number of aliphatic hydroxyl groups excluding tert-OH is 1. The Morgan fingerprint density at radius 3 is 2.36 bits per heavy atom. The lowest BCUT2D eigenvalue weighted by Crippen LogP contribution is -2.49. The average Bonchev–Trinajstić information content (AvgIpc) is 3.17. The van der Waals surface area contributed by atoms with Crippen LogP contribution >= 0.6 is 0 Å². The van der Waals surface area contributed by atoms with Crippen LogP contribution in [0.3, 0.4) is 0 Å². The largest absolute Gasteiger partial charge is 0.495 e. The molecule has 0 spiro atoms. The third kappa shape index (κ3) is 9.69. The SMILES string of the molecule is CNC(=O)CNC(=O)C(C)(C)Oc1ccccc1Oc1ccc(Nc2c(C#N)cnc3cc(NN(C)C(O)OCc4ccccc4)c(OC)cc23)cc1. The normalized spacial score (nSPS) is 11.7. The molecule has 0 aliphatic carbocycles. The molecule has 14 nitrogen and oxygen atoms in total. The minimum atomic E-state index is -1.30. The van der Waals surface area contributed by atoms with Gasteiger partial charge in [-0.1, -0.05) is 42.5 Å². The van der Waals surface area contributed by atoms with Crippen molar-refractivity contribution in [2.75, 3.05) is 38.5 Å². The number of nitrogens with zero attached hydrogens (tertiary/aromatic N) is 3. The molecule has 0 saturated heterocycles. The van der Waals surface area contributed by atoms with Gasteiger partial charge in [0.05, 0.1) is 42.7 Å². The number of rotatable bonds is 16. The van der Waals surface area contributed by atoms with Gasteiger partial charge in [-0.25, -0.2) is 0 Å². The molecule has 14 heteroatoms. The molecule has 0 aliphatic heterocycles. The van der Waals surface area contributed by atoms with Crippen LogP contribution in [0.15, 0.2) is 97.2 Å². The van der Waals surface area contributed by atoms with Crippen LogP contribution in [0.2, 0.25) is 0 Å². The first kappa shape index (κ1) is 37.8. The molecular weight excluding hydrogens is 678 g/mol. The molecule has 5 aromatic rings. The van der Waals surface area contributed by atoms with Gasteiger partial charge in [-0.05, 0) is 67.9 Å². The number of ether oxygens (including phenoxy) is 4. The van der Waals surface area contributed by atoms with E-state index < -0.39 is 17.9 Å². The summed E-state index contributed by atoms with van der Waals surface area (Å²) in [6.45, 7) is 3.24. The second-order valence-corrected chi connectivity index (χ2v) is 12.2. The van der Waals surface area contributed by atoms with Crippen molar-refractivity contribution >= 4 is 39.8 Å². The first-order valence-electron chi connectivity index (χ1n) is 16.6. The smallest absolute Gasteiger partial charge is 0.264 e. The van der Waals surface area contributed by atoms with Gasteiger partial charge in [-0.3, -0.25) is 14.6 Å². The summed E-state index contributed by atoms with van der Waals surface area (Å²) in [7, 11) is 4.64. The number of carbonyl (C=O) groups excluding carboxylic acids is 2. The number of aromatic nitrogens is 1. The number of likely N-dealkylation sites (N-methyl/N-ethyl adjacent to an activating group) is 1. The van der Waals surface area contributed by atoms with Crippen molar-refractivity contribution in [3.63, 3.8) is 0 Å². The van der Waals surface area contributed by atoms with Crippen molar-refractivity contribution in [3.8, 4) is 29.1 Å². The van der Waals surface area contributed by atoms with Crippen molar-refractivity contribution in [3.05, 3.63) is 108 Å². The summed E-state index contributed by atoms with van der Waals surface area (Å²) in [4.78, 5) is 28.8. The number of amides is 2. The molecule has 0 saturated carbocycles. The van der Waals surface area contributed by atoms with Gasteiger partial charge in [0, 0.05) is 31.4 Å². The number of fused-ring (bicyclic) bond motifs is 1. The number of nitrogens with one attached hydrogen (secondary N) is 4. The molecule has 0 radical (unpaired) electrons. The van der Waals surface area contributed by atoms with E-state index in [1.807, 2.05) is 30.3 Å². The summed E-state index contributed by atoms with van der Waals surface area (Å²) in [5.74, 6) is 0.850. The Bertz CT molecular complexity index is 2090. The number of methoxy groups -OCH3 is 1. The molecule has 0 fully saturated rings. The predicted octanol–water partition coefficient (Wildman–Crippen LogP) is 5.42. The van der Waals surface area contributed by atoms with E-state index >= 15 is 0 Å². The fraction of sp³-hybridized carbons (Fsp3) is 0.231. The fourth-order valence-electron chi connectivity index (χ4n) is 5.08. The molecule has 2 amide bonds. The highest BCUT2D eigenvalue weighted by molar-refractivity contribution is 5.98. The van der Waals surface area contributed by atoms with Crippen LogP contribution in [0, 0.1) is 11.3 Å². The van der Waals surface area contributed by atoms with Gasteiger partial charge in [0.25, 0.3) is 5.91 Å². The number of pyridine rings is 1. The number of aliphatic hydroxyl groups is 1. The van der Waals surface area contributed by atoms with E-state index in [-0.39, 0.29) is 19.1 Å². The fourth-order valence-corrected chi connectivity index (χ4v) is 5.08. The Kier molecular flexibility index (Phi) is 12.3. The van der Waals surface area contributed by atoms with Gasteiger partial charge < -0.3 is 45.4 Å². The van der Waals surface area contributed by atoms with Crippen molar-refractivity contribution in [2.24, 2.45) is 0 Å². The van der Waals surface area contributed by atoms with Gasteiger partial charge in [0.15, 0.2) is 17.1 Å². The molecule has 1 aromatic heterocycles. The van der Waals surface area contributed by atoms with Crippen molar-refractivity contribution in [1.29, 1.82) is 5.26 Å². The van der Waals surface area contributed by atoms with E-state index in [4.69, 9.17) is 18.9 Å². The number of hydrogen-bond acceptors (Lipinski definition) is 12. The molecule has 1 atom stereocenters. The zero-order valence-electron chi connectivity index (χ0n) is 30.0. The maximum Gasteiger partial charge on any atom is 0.264 e. The summed E-state index contributed by atoms with van der Waals surface area (Å²) in [6.07, 6.45) is 0.214. The zero-order valence-corrected chi connectivity index (χ0v) is 30.0. The monoisotopic (exact) mass is 719 g/mol. The summed E-state index contributed by atoms with van der Waals surface area (Å²) < 4.78 is 23.5. The van der Waals surface area contributed by atoms with Gasteiger partial charge in [-0.2, -0.15) is 10.3 Å². The van der Waals surface area contributed by atoms with Gasteiger partial charge in [-0.15, -0.1) is 0 Å². The lowest BCUT2D eigenvalue weighted by molar-refractivity contribution is -0.184. The zero-order chi connectivity index (χ0) is 38.0. The van der Waals surface area contributed by atoms with Crippen LogP contribution in [0.5, 0.6) is 23.0 Å². The molecule has 5 rings (SSSR count). The van der Waals surface area contributed by atoms with Crippen LogP contribution < -0.4 is 35.6 Å². The summed E-state index contributed by atoms with van der Waals surface area (Å²) in [6, 6.07) is 29.3. The maximum absolute atomic E-state index is 12.7. The lowest BCUT2D eigenvalue weighted by Gasteiger charge is -2.26.